The summed E-state index contributed by atoms with van der Waals surface area (Å²) in [6.45, 7) is 2.73. The Labute approximate surface area is 127 Å². The Balaban J connectivity index is 2.29. The maximum atomic E-state index is 6.58. The van der Waals surface area contributed by atoms with E-state index in [1.807, 2.05) is 25.1 Å². The molecule has 0 radical (unpaired) electrons. The van der Waals surface area contributed by atoms with Crippen LogP contribution in [0.3, 0.4) is 0 Å². The van der Waals surface area contributed by atoms with Gasteiger partial charge >= 0.3 is 0 Å². The fourth-order valence-corrected chi connectivity index (χ4v) is 3.33. The topological polar surface area (TPSA) is 53.7 Å². The van der Waals surface area contributed by atoms with Crippen molar-refractivity contribution >= 4 is 0 Å². The highest BCUT2D eigenvalue weighted by atomic mass is 16.5. The van der Waals surface area contributed by atoms with Gasteiger partial charge in [-0.2, -0.15) is 0 Å². The minimum Gasteiger partial charge on any atom is -0.493 e. The molecule has 0 aliphatic heterocycles. The summed E-state index contributed by atoms with van der Waals surface area (Å²) < 4.78 is 16.8. The van der Waals surface area contributed by atoms with E-state index < -0.39 is 0 Å². The van der Waals surface area contributed by atoms with Crippen LogP contribution in [0, 0.1) is 0 Å². The summed E-state index contributed by atoms with van der Waals surface area (Å²) in [6.07, 6.45) is 5.68. The molecule has 1 aliphatic carbocycles. The van der Waals surface area contributed by atoms with Crippen molar-refractivity contribution in [2.24, 2.45) is 5.73 Å². The summed E-state index contributed by atoms with van der Waals surface area (Å²) in [7, 11) is 3.28. The number of ether oxygens (including phenoxy) is 3. The highest BCUT2D eigenvalue weighted by Crippen LogP contribution is 2.41. The zero-order valence-corrected chi connectivity index (χ0v) is 13.4. The Morgan fingerprint density at radius 1 is 1.10 bits per heavy atom. The van der Waals surface area contributed by atoms with E-state index in [1.54, 1.807) is 14.2 Å². The van der Waals surface area contributed by atoms with Gasteiger partial charge in [-0.15, -0.1) is 0 Å². The van der Waals surface area contributed by atoms with Gasteiger partial charge in [0, 0.05) is 6.61 Å². The quantitative estimate of drug-likeness (QED) is 0.873. The Morgan fingerprint density at radius 2 is 1.76 bits per heavy atom. The minimum atomic E-state index is -0.243. The van der Waals surface area contributed by atoms with Gasteiger partial charge < -0.3 is 19.9 Å². The van der Waals surface area contributed by atoms with E-state index in [0.29, 0.717) is 12.4 Å². The molecule has 21 heavy (non-hydrogen) atoms. The molecule has 2 rings (SSSR count). The van der Waals surface area contributed by atoms with E-state index in [0.717, 1.165) is 24.2 Å². The highest BCUT2D eigenvalue weighted by molar-refractivity contribution is 5.44. The van der Waals surface area contributed by atoms with Gasteiger partial charge in [0.1, 0.15) is 0 Å². The molecule has 1 unspecified atom stereocenters. The molecule has 118 valence electrons. The van der Waals surface area contributed by atoms with Crippen LogP contribution in [0.4, 0.5) is 0 Å². The first-order valence-electron chi connectivity index (χ1n) is 7.78. The molecule has 4 heteroatoms. The first-order chi connectivity index (χ1) is 10.2. The third kappa shape index (κ3) is 3.33. The van der Waals surface area contributed by atoms with E-state index in [1.165, 1.54) is 19.3 Å². The summed E-state index contributed by atoms with van der Waals surface area (Å²) in [6, 6.07) is 5.76. The summed E-state index contributed by atoms with van der Waals surface area (Å²) in [5.74, 6) is 1.44. The van der Waals surface area contributed by atoms with Gasteiger partial charge in [-0.05, 0) is 37.5 Å². The lowest BCUT2D eigenvalue weighted by Gasteiger charge is -2.42. The van der Waals surface area contributed by atoms with Crippen molar-refractivity contribution in [1.29, 1.82) is 0 Å². The van der Waals surface area contributed by atoms with Crippen LogP contribution in [-0.4, -0.2) is 26.4 Å². The van der Waals surface area contributed by atoms with Crippen LogP contribution in [0.1, 0.15) is 50.6 Å². The second-order valence-corrected chi connectivity index (χ2v) is 5.65. The van der Waals surface area contributed by atoms with Crippen LogP contribution in [0.5, 0.6) is 11.5 Å². The third-order valence-electron chi connectivity index (χ3n) is 4.47. The monoisotopic (exact) mass is 293 g/mol. The number of benzene rings is 1. The normalized spacial score (nSPS) is 19.0. The number of hydrogen-bond donors (Lipinski definition) is 1. The average Bonchev–Trinajstić information content (AvgIpc) is 2.54. The van der Waals surface area contributed by atoms with Crippen LogP contribution in [0.25, 0.3) is 0 Å². The van der Waals surface area contributed by atoms with Gasteiger partial charge in [0.15, 0.2) is 11.5 Å². The number of hydrogen-bond acceptors (Lipinski definition) is 4. The third-order valence-corrected chi connectivity index (χ3v) is 4.47. The van der Waals surface area contributed by atoms with Gasteiger partial charge in [0.25, 0.3) is 0 Å². The second-order valence-electron chi connectivity index (χ2n) is 5.65. The zero-order valence-electron chi connectivity index (χ0n) is 13.4. The van der Waals surface area contributed by atoms with Crippen molar-refractivity contribution in [3.8, 4) is 11.5 Å². The molecule has 0 aromatic heterocycles. The van der Waals surface area contributed by atoms with Gasteiger partial charge in [0.05, 0.1) is 25.9 Å². The standard InChI is InChI=1S/C17H27NO3/c1-4-21-17(10-6-5-7-11-17)16(18)13-8-9-14(19-2)15(12-13)20-3/h8-9,12,16H,4-7,10-11,18H2,1-3H3. The number of methoxy groups -OCH3 is 2. The lowest BCUT2D eigenvalue weighted by atomic mass is 9.77. The van der Waals surface area contributed by atoms with E-state index in [2.05, 4.69) is 0 Å². The first-order valence-corrected chi connectivity index (χ1v) is 7.78. The Bertz CT molecular complexity index is 450. The average molecular weight is 293 g/mol. The van der Waals surface area contributed by atoms with Crippen LogP contribution < -0.4 is 15.2 Å². The predicted molar refractivity (Wildman–Crippen MR) is 83.9 cm³/mol. The largest absolute Gasteiger partial charge is 0.493 e. The van der Waals surface area contributed by atoms with Crippen molar-refractivity contribution in [2.45, 2.75) is 50.7 Å². The van der Waals surface area contributed by atoms with E-state index in [-0.39, 0.29) is 11.6 Å². The molecule has 1 aromatic rings. The van der Waals surface area contributed by atoms with Crippen LogP contribution in [0.15, 0.2) is 18.2 Å². The summed E-state index contributed by atoms with van der Waals surface area (Å²) in [5, 5.41) is 0. The summed E-state index contributed by atoms with van der Waals surface area (Å²) >= 11 is 0. The molecule has 0 heterocycles. The van der Waals surface area contributed by atoms with Gasteiger partial charge in [-0.25, -0.2) is 0 Å². The fraction of sp³-hybridized carbons (Fsp3) is 0.647. The van der Waals surface area contributed by atoms with Crippen LogP contribution in [-0.2, 0) is 4.74 Å². The van der Waals surface area contributed by atoms with Gasteiger partial charge in [0.2, 0.25) is 0 Å². The Hall–Kier alpha value is -1.26. The van der Waals surface area contributed by atoms with Gasteiger partial charge in [-0.1, -0.05) is 25.3 Å². The fourth-order valence-electron chi connectivity index (χ4n) is 3.33. The van der Waals surface area contributed by atoms with Crippen molar-refractivity contribution in [2.75, 3.05) is 20.8 Å². The lowest BCUT2D eigenvalue weighted by molar-refractivity contribution is -0.0831. The predicted octanol–water partition coefficient (Wildman–Crippen LogP) is 3.44. The van der Waals surface area contributed by atoms with Crippen molar-refractivity contribution in [3.05, 3.63) is 23.8 Å². The molecular formula is C17H27NO3. The highest BCUT2D eigenvalue weighted by Gasteiger charge is 2.39. The zero-order chi connectivity index (χ0) is 15.3. The molecule has 1 aliphatic rings. The minimum absolute atomic E-state index is 0.141. The SMILES string of the molecule is CCOC1(C(N)c2ccc(OC)c(OC)c2)CCCCC1. The molecule has 0 amide bonds. The molecule has 0 spiro atoms. The van der Waals surface area contributed by atoms with Crippen LogP contribution >= 0.6 is 0 Å². The number of nitrogens with two attached hydrogens (primary N) is 1. The maximum absolute atomic E-state index is 6.58. The Morgan fingerprint density at radius 3 is 2.33 bits per heavy atom. The van der Waals surface area contributed by atoms with Crippen molar-refractivity contribution in [1.82, 2.24) is 0 Å². The Kier molecular flexibility index (Phi) is 5.48. The van der Waals surface area contributed by atoms with Gasteiger partial charge in [-0.3, -0.25) is 0 Å². The molecular weight excluding hydrogens is 266 g/mol. The molecule has 0 bridgehead atoms. The molecule has 2 N–H and O–H groups in total. The van der Waals surface area contributed by atoms with Crippen LogP contribution in [0.2, 0.25) is 0 Å². The van der Waals surface area contributed by atoms with Crippen molar-refractivity contribution < 1.29 is 14.2 Å². The summed E-state index contributed by atoms with van der Waals surface area (Å²) in [5.41, 5.74) is 7.39. The molecule has 1 fully saturated rings. The van der Waals surface area contributed by atoms with E-state index in [9.17, 15) is 0 Å². The number of rotatable bonds is 6. The summed E-state index contributed by atoms with van der Waals surface area (Å²) in [4.78, 5) is 0. The second kappa shape index (κ2) is 7.14. The maximum Gasteiger partial charge on any atom is 0.161 e. The molecule has 1 aromatic carbocycles. The smallest absolute Gasteiger partial charge is 0.161 e. The molecule has 1 saturated carbocycles. The first kappa shape index (κ1) is 16.1. The van der Waals surface area contributed by atoms with Crippen molar-refractivity contribution in [3.63, 3.8) is 0 Å². The molecule has 0 saturated heterocycles. The van der Waals surface area contributed by atoms with E-state index >= 15 is 0 Å². The molecule has 4 nitrogen and oxygen atoms in total. The molecule has 1 atom stereocenters. The lowest BCUT2D eigenvalue weighted by Crippen LogP contribution is -2.45. The van der Waals surface area contributed by atoms with E-state index in [4.69, 9.17) is 19.9 Å².